The van der Waals surface area contributed by atoms with E-state index in [4.69, 9.17) is 15.6 Å². The Bertz CT molecular complexity index is 265. The van der Waals surface area contributed by atoms with E-state index in [1.807, 2.05) is 0 Å². The van der Waals surface area contributed by atoms with E-state index in [-0.39, 0.29) is 6.10 Å². The van der Waals surface area contributed by atoms with Crippen LogP contribution in [0, 0.1) is 11.3 Å². The zero-order chi connectivity index (χ0) is 13.1. The molecular formula is C13H25NO3. The zero-order valence-corrected chi connectivity index (χ0v) is 11.1. The molecule has 100 valence electrons. The van der Waals surface area contributed by atoms with Crippen molar-refractivity contribution < 1.29 is 14.6 Å². The van der Waals surface area contributed by atoms with Gasteiger partial charge in [0.05, 0.1) is 6.10 Å². The summed E-state index contributed by atoms with van der Waals surface area (Å²) in [5.74, 6) is -0.275. The Kier molecular flexibility index (Phi) is 4.95. The summed E-state index contributed by atoms with van der Waals surface area (Å²) in [7, 11) is 0. The van der Waals surface area contributed by atoms with Gasteiger partial charge in [0.2, 0.25) is 0 Å². The highest BCUT2D eigenvalue weighted by atomic mass is 16.5. The molecule has 0 radical (unpaired) electrons. The second-order valence-corrected chi connectivity index (χ2v) is 6.14. The third-order valence-corrected chi connectivity index (χ3v) is 3.45. The largest absolute Gasteiger partial charge is 0.480 e. The van der Waals surface area contributed by atoms with Crippen LogP contribution in [-0.2, 0) is 9.53 Å². The second kappa shape index (κ2) is 5.83. The quantitative estimate of drug-likeness (QED) is 0.775. The van der Waals surface area contributed by atoms with Crippen LogP contribution in [0.1, 0.15) is 46.5 Å². The molecule has 0 saturated heterocycles. The van der Waals surface area contributed by atoms with Gasteiger partial charge in [-0.2, -0.15) is 0 Å². The molecule has 3 N–H and O–H groups in total. The van der Waals surface area contributed by atoms with Crippen LogP contribution >= 0.6 is 0 Å². The first-order chi connectivity index (χ1) is 7.80. The fraction of sp³-hybridized carbons (Fsp3) is 0.923. The van der Waals surface area contributed by atoms with Gasteiger partial charge in [0.25, 0.3) is 0 Å². The van der Waals surface area contributed by atoms with Gasteiger partial charge in [-0.1, -0.05) is 20.8 Å². The summed E-state index contributed by atoms with van der Waals surface area (Å²) in [5.41, 5.74) is 5.76. The summed E-state index contributed by atoms with van der Waals surface area (Å²) >= 11 is 0. The lowest BCUT2D eigenvalue weighted by Crippen LogP contribution is -2.35. The summed E-state index contributed by atoms with van der Waals surface area (Å²) in [5, 5.41) is 8.66. The highest BCUT2D eigenvalue weighted by Crippen LogP contribution is 2.39. The van der Waals surface area contributed by atoms with Crippen LogP contribution in [0.5, 0.6) is 0 Å². The summed E-state index contributed by atoms with van der Waals surface area (Å²) in [6.45, 7) is 7.23. The number of carbonyl (C=O) groups is 1. The molecule has 1 fully saturated rings. The molecule has 0 bridgehead atoms. The van der Waals surface area contributed by atoms with Crippen molar-refractivity contribution in [3.05, 3.63) is 0 Å². The first-order valence-corrected chi connectivity index (χ1v) is 6.40. The number of hydrogen-bond acceptors (Lipinski definition) is 3. The normalized spacial score (nSPS) is 29.9. The molecule has 1 rings (SSSR count). The van der Waals surface area contributed by atoms with E-state index < -0.39 is 12.0 Å². The van der Waals surface area contributed by atoms with Crippen molar-refractivity contribution in [3.8, 4) is 0 Å². The highest BCUT2D eigenvalue weighted by Gasteiger charge is 2.32. The van der Waals surface area contributed by atoms with Gasteiger partial charge >= 0.3 is 5.97 Å². The molecule has 1 aliphatic carbocycles. The van der Waals surface area contributed by atoms with E-state index in [0.29, 0.717) is 24.4 Å². The second-order valence-electron chi connectivity index (χ2n) is 6.14. The van der Waals surface area contributed by atoms with Gasteiger partial charge in [-0.15, -0.1) is 0 Å². The minimum absolute atomic E-state index is 0.259. The summed E-state index contributed by atoms with van der Waals surface area (Å²) in [6.07, 6.45) is 4.02. The Morgan fingerprint density at radius 3 is 2.71 bits per heavy atom. The SMILES string of the molecule is CC1CC(OCCC(N)C(=O)O)CC(C)(C)C1. The van der Waals surface area contributed by atoms with Crippen LogP contribution in [0.3, 0.4) is 0 Å². The number of aliphatic carboxylic acids is 1. The van der Waals surface area contributed by atoms with E-state index in [1.54, 1.807) is 0 Å². The maximum absolute atomic E-state index is 10.6. The van der Waals surface area contributed by atoms with Crippen molar-refractivity contribution >= 4 is 5.97 Å². The summed E-state index contributed by atoms with van der Waals surface area (Å²) < 4.78 is 5.77. The molecule has 0 spiro atoms. The van der Waals surface area contributed by atoms with Gasteiger partial charge in [-0.3, -0.25) is 4.79 Å². The molecule has 0 aliphatic heterocycles. The molecule has 0 aromatic rings. The molecule has 3 unspecified atom stereocenters. The lowest BCUT2D eigenvalue weighted by molar-refractivity contribution is -0.139. The van der Waals surface area contributed by atoms with Gasteiger partial charge in [-0.25, -0.2) is 0 Å². The van der Waals surface area contributed by atoms with Crippen LogP contribution in [0.2, 0.25) is 0 Å². The van der Waals surface area contributed by atoms with Crippen LogP contribution in [0.4, 0.5) is 0 Å². The number of carboxylic acid groups (broad SMARTS) is 1. The zero-order valence-electron chi connectivity index (χ0n) is 11.1. The average molecular weight is 243 g/mol. The van der Waals surface area contributed by atoms with E-state index in [9.17, 15) is 4.79 Å². The molecule has 0 aromatic heterocycles. The van der Waals surface area contributed by atoms with Crippen LogP contribution in [-0.4, -0.2) is 29.8 Å². The number of rotatable bonds is 5. The van der Waals surface area contributed by atoms with Gasteiger partial charge in [-0.05, 0) is 37.0 Å². The topological polar surface area (TPSA) is 72.5 Å². The molecule has 4 nitrogen and oxygen atoms in total. The summed E-state index contributed by atoms with van der Waals surface area (Å²) in [6, 6.07) is -0.802. The lowest BCUT2D eigenvalue weighted by atomic mass is 9.71. The average Bonchev–Trinajstić information content (AvgIpc) is 2.13. The third-order valence-electron chi connectivity index (χ3n) is 3.45. The number of hydrogen-bond donors (Lipinski definition) is 2. The van der Waals surface area contributed by atoms with Crippen molar-refractivity contribution in [1.82, 2.24) is 0 Å². The molecule has 1 saturated carbocycles. The predicted molar refractivity (Wildman–Crippen MR) is 66.8 cm³/mol. The van der Waals surface area contributed by atoms with E-state index in [0.717, 1.165) is 12.8 Å². The van der Waals surface area contributed by atoms with Crippen molar-refractivity contribution in [2.24, 2.45) is 17.1 Å². The number of nitrogens with two attached hydrogens (primary N) is 1. The highest BCUT2D eigenvalue weighted by molar-refractivity contribution is 5.72. The Morgan fingerprint density at radius 2 is 2.18 bits per heavy atom. The molecular weight excluding hydrogens is 218 g/mol. The van der Waals surface area contributed by atoms with Crippen molar-refractivity contribution in [2.75, 3.05) is 6.61 Å². The molecule has 0 amide bonds. The third kappa shape index (κ3) is 5.04. The molecule has 1 aliphatic rings. The maximum atomic E-state index is 10.6. The standard InChI is InChI=1S/C13H25NO3/c1-9-6-10(8-13(2,3)7-9)17-5-4-11(14)12(15)16/h9-11H,4-8,14H2,1-3H3,(H,15,16). The molecule has 3 atom stereocenters. The van der Waals surface area contributed by atoms with E-state index in [2.05, 4.69) is 20.8 Å². The minimum atomic E-state index is -0.953. The molecule has 0 heterocycles. The first-order valence-electron chi connectivity index (χ1n) is 6.40. The Balaban J connectivity index is 2.29. The molecule has 0 aromatic carbocycles. The Morgan fingerprint density at radius 1 is 1.53 bits per heavy atom. The van der Waals surface area contributed by atoms with E-state index in [1.165, 1.54) is 6.42 Å². The van der Waals surface area contributed by atoms with Crippen molar-refractivity contribution in [3.63, 3.8) is 0 Å². The smallest absolute Gasteiger partial charge is 0.320 e. The number of carboxylic acids is 1. The minimum Gasteiger partial charge on any atom is -0.480 e. The lowest BCUT2D eigenvalue weighted by Gasteiger charge is -2.38. The maximum Gasteiger partial charge on any atom is 0.320 e. The van der Waals surface area contributed by atoms with Gasteiger partial charge in [0.15, 0.2) is 0 Å². The van der Waals surface area contributed by atoms with Crippen molar-refractivity contribution in [1.29, 1.82) is 0 Å². The molecule has 4 heteroatoms. The fourth-order valence-electron chi connectivity index (χ4n) is 2.87. The van der Waals surface area contributed by atoms with Gasteiger partial charge in [0.1, 0.15) is 6.04 Å². The first kappa shape index (κ1) is 14.5. The number of ether oxygens (including phenoxy) is 1. The molecule has 17 heavy (non-hydrogen) atoms. The van der Waals surface area contributed by atoms with Crippen LogP contribution in [0.15, 0.2) is 0 Å². The Hall–Kier alpha value is -0.610. The monoisotopic (exact) mass is 243 g/mol. The Labute approximate surface area is 104 Å². The summed E-state index contributed by atoms with van der Waals surface area (Å²) in [4.78, 5) is 10.6. The van der Waals surface area contributed by atoms with Gasteiger partial charge in [0, 0.05) is 6.61 Å². The van der Waals surface area contributed by atoms with E-state index >= 15 is 0 Å². The van der Waals surface area contributed by atoms with Crippen molar-refractivity contribution in [2.45, 2.75) is 58.6 Å². The predicted octanol–water partition coefficient (Wildman–Crippen LogP) is 2.02. The fourth-order valence-corrected chi connectivity index (χ4v) is 2.87. The van der Waals surface area contributed by atoms with Gasteiger partial charge < -0.3 is 15.6 Å². The van der Waals surface area contributed by atoms with Crippen LogP contribution in [0.25, 0.3) is 0 Å². The van der Waals surface area contributed by atoms with Crippen LogP contribution < -0.4 is 5.73 Å².